The molecule has 39 heavy (non-hydrogen) atoms. The van der Waals surface area contributed by atoms with Crippen LogP contribution in [0, 0.1) is 17.7 Å². The molecule has 2 fully saturated rings. The SMILES string of the molecule is O=C(C[C@@H]1CCN2C[C@@H]1CCCOc1ccc(N3CCNCC3)cc1CNCC2=O)NCc1ccccc1F. The fourth-order valence-corrected chi connectivity index (χ4v) is 5.96. The topological polar surface area (TPSA) is 85.9 Å². The van der Waals surface area contributed by atoms with E-state index in [4.69, 9.17) is 4.74 Å². The van der Waals surface area contributed by atoms with Crippen LogP contribution in [0.2, 0.25) is 0 Å². The molecule has 9 heteroatoms. The summed E-state index contributed by atoms with van der Waals surface area (Å²) in [6.45, 7) is 6.85. The standard InChI is InChI=1S/C30H40FN5O3/c31-27-6-2-1-4-23(27)19-34-29(37)17-22-9-12-36-21-24(22)5-3-15-39-28-8-7-26(35-13-10-32-11-14-35)16-25(28)18-33-20-30(36)38/h1-2,4,6-8,16,22,24,32-33H,3,5,9-15,17-21H2,(H,34,37)/t22-,24-/m0/s1. The Hall–Kier alpha value is -3.17. The lowest BCUT2D eigenvalue weighted by molar-refractivity contribution is -0.133. The van der Waals surface area contributed by atoms with Gasteiger partial charge in [-0.2, -0.15) is 0 Å². The van der Waals surface area contributed by atoms with Gasteiger partial charge in [-0.05, 0) is 55.4 Å². The molecule has 0 aromatic heterocycles. The minimum absolute atomic E-state index is 0.0712. The number of piperidine rings is 1. The number of hydrogen-bond acceptors (Lipinski definition) is 6. The third-order valence-electron chi connectivity index (χ3n) is 8.22. The van der Waals surface area contributed by atoms with E-state index in [1.807, 2.05) is 4.90 Å². The second-order valence-electron chi connectivity index (χ2n) is 10.8. The largest absolute Gasteiger partial charge is 0.493 e. The molecule has 0 aliphatic carbocycles. The summed E-state index contributed by atoms with van der Waals surface area (Å²) in [6.07, 6.45) is 2.92. The lowest BCUT2D eigenvalue weighted by atomic mass is 9.80. The first-order valence-corrected chi connectivity index (χ1v) is 14.3. The van der Waals surface area contributed by atoms with Gasteiger partial charge in [0.2, 0.25) is 11.8 Å². The lowest BCUT2D eigenvalue weighted by Gasteiger charge is -2.38. The predicted molar refractivity (Wildman–Crippen MR) is 149 cm³/mol. The fourth-order valence-electron chi connectivity index (χ4n) is 5.96. The summed E-state index contributed by atoms with van der Waals surface area (Å²) in [5, 5.41) is 9.62. The molecule has 5 rings (SSSR count). The van der Waals surface area contributed by atoms with Crippen molar-refractivity contribution in [3.8, 4) is 5.75 Å². The molecule has 210 valence electrons. The van der Waals surface area contributed by atoms with E-state index in [1.54, 1.807) is 18.2 Å². The van der Waals surface area contributed by atoms with Crippen LogP contribution < -0.4 is 25.6 Å². The van der Waals surface area contributed by atoms with E-state index in [1.165, 1.54) is 11.8 Å². The second kappa shape index (κ2) is 13.3. The number of halogens is 1. The van der Waals surface area contributed by atoms with Crippen LogP contribution >= 0.6 is 0 Å². The normalized spacial score (nSPS) is 22.5. The van der Waals surface area contributed by atoms with E-state index >= 15 is 0 Å². The minimum atomic E-state index is -0.310. The molecule has 0 radical (unpaired) electrons. The number of anilines is 1. The van der Waals surface area contributed by atoms with Gasteiger partial charge in [0, 0.05) is 75.6 Å². The van der Waals surface area contributed by atoms with E-state index in [2.05, 4.69) is 39.0 Å². The number of rotatable bonds is 5. The molecule has 2 aromatic rings. The third kappa shape index (κ3) is 7.28. The molecule has 0 saturated carbocycles. The van der Waals surface area contributed by atoms with Crippen LogP contribution in [-0.4, -0.2) is 69.1 Å². The van der Waals surface area contributed by atoms with E-state index in [9.17, 15) is 14.0 Å². The minimum Gasteiger partial charge on any atom is -0.493 e. The molecule has 3 aliphatic rings. The van der Waals surface area contributed by atoms with Crippen molar-refractivity contribution in [1.82, 2.24) is 20.9 Å². The molecular weight excluding hydrogens is 497 g/mol. The van der Waals surface area contributed by atoms with Crippen LogP contribution in [0.5, 0.6) is 5.75 Å². The lowest BCUT2D eigenvalue weighted by Crippen LogP contribution is -2.47. The zero-order chi connectivity index (χ0) is 27.0. The smallest absolute Gasteiger partial charge is 0.236 e. The predicted octanol–water partition coefficient (Wildman–Crippen LogP) is 2.67. The van der Waals surface area contributed by atoms with Crippen molar-refractivity contribution >= 4 is 17.5 Å². The van der Waals surface area contributed by atoms with Gasteiger partial charge in [0.1, 0.15) is 11.6 Å². The first-order valence-electron chi connectivity index (χ1n) is 14.3. The van der Waals surface area contributed by atoms with Crippen LogP contribution in [0.4, 0.5) is 10.1 Å². The highest BCUT2D eigenvalue weighted by Gasteiger charge is 2.32. The Morgan fingerprint density at radius 1 is 1.03 bits per heavy atom. The van der Waals surface area contributed by atoms with Gasteiger partial charge in [0.05, 0.1) is 13.2 Å². The van der Waals surface area contributed by atoms with Crippen molar-refractivity contribution in [2.24, 2.45) is 11.8 Å². The molecule has 3 N–H and O–H groups in total. The van der Waals surface area contributed by atoms with Gasteiger partial charge in [-0.15, -0.1) is 0 Å². The molecule has 3 heterocycles. The maximum absolute atomic E-state index is 13.9. The first kappa shape index (κ1) is 27.4. The van der Waals surface area contributed by atoms with Crippen LogP contribution in [0.3, 0.4) is 0 Å². The maximum Gasteiger partial charge on any atom is 0.236 e. The Kier molecular flexibility index (Phi) is 9.32. The summed E-state index contributed by atoms with van der Waals surface area (Å²) in [5.74, 6) is 0.985. The Balaban J connectivity index is 1.21. The zero-order valence-corrected chi connectivity index (χ0v) is 22.6. The maximum atomic E-state index is 13.9. The highest BCUT2D eigenvalue weighted by Crippen LogP contribution is 2.31. The van der Waals surface area contributed by atoms with Crippen LogP contribution in [-0.2, 0) is 22.7 Å². The van der Waals surface area contributed by atoms with Gasteiger partial charge in [0.15, 0.2) is 0 Å². The van der Waals surface area contributed by atoms with Gasteiger partial charge < -0.3 is 30.5 Å². The quantitative estimate of drug-likeness (QED) is 0.544. The van der Waals surface area contributed by atoms with E-state index < -0.39 is 0 Å². The van der Waals surface area contributed by atoms with Gasteiger partial charge in [-0.1, -0.05) is 18.2 Å². The molecule has 2 amide bonds. The molecule has 3 aliphatic heterocycles. The molecular formula is C30H40FN5O3. The van der Waals surface area contributed by atoms with Crippen molar-refractivity contribution < 1.29 is 18.7 Å². The molecule has 2 bridgehead atoms. The summed E-state index contributed by atoms with van der Waals surface area (Å²) in [7, 11) is 0. The van der Waals surface area contributed by atoms with Crippen molar-refractivity contribution in [3.63, 3.8) is 0 Å². The third-order valence-corrected chi connectivity index (χ3v) is 8.22. The number of carbonyl (C=O) groups excluding carboxylic acids is 2. The number of piperazine rings is 1. The molecule has 0 spiro atoms. The number of nitrogens with zero attached hydrogens (tertiary/aromatic N) is 2. The summed E-state index contributed by atoms with van der Waals surface area (Å²) >= 11 is 0. The average molecular weight is 538 g/mol. The number of amides is 2. The fraction of sp³-hybridized carbons (Fsp3) is 0.533. The summed E-state index contributed by atoms with van der Waals surface area (Å²) in [4.78, 5) is 30.2. The summed E-state index contributed by atoms with van der Waals surface area (Å²) < 4.78 is 20.2. The van der Waals surface area contributed by atoms with Crippen molar-refractivity contribution in [2.45, 2.75) is 38.8 Å². The van der Waals surface area contributed by atoms with Crippen LogP contribution in [0.15, 0.2) is 42.5 Å². The van der Waals surface area contributed by atoms with Crippen molar-refractivity contribution in [3.05, 3.63) is 59.4 Å². The Labute approximate surface area is 230 Å². The monoisotopic (exact) mass is 537 g/mol. The zero-order valence-electron chi connectivity index (χ0n) is 22.6. The molecule has 0 unspecified atom stereocenters. The number of nitrogens with one attached hydrogen (secondary N) is 3. The summed E-state index contributed by atoms with van der Waals surface area (Å²) in [6, 6.07) is 12.9. The molecule has 8 nitrogen and oxygen atoms in total. The Morgan fingerprint density at radius 2 is 1.87 bits per heavy atom. The molecule has 2 atom stereocenters. The van der Waals surface area contributed by atoms with Gasteiger partial charge in [-0.25, -0.2) is 4.39 Å². The molecule has 2 saturated heterocycles. The van der Waals surface area contributed by atoms with E-state index in [-0.39, 0.29) is 42.6 Å². The van der Waals surface area contributed by atoms with Gasteiger partial charge in [-0.3, -0.25) is 9.59 Å². The van der Waals surface area contributed by atoms with Crippen molar-refractivity contribution in [2.75, 3.05) is 57.3 Å². The number of hydrogen-bond donors (Lipinski definition) is 3. The van der Waals surface area contributed by atoms with Crippen molar-refractivity contribution in [1.29, 1.82) is 0 Å². The second-order valence-corrected chi connectivity index (χ2v) is 10.8. The first-order chi connectivity index (χ1) is 19.1. The number of benzene rings is 2. The highest BCUT2D eigenvalue weighted by atomic mass is 19.1. The number of fused-ring (bicyclic) bond motifs is 3. The van der Waals surface area contributed by atoms with E-state index in [0.717, 1.165) is 56.8 Å². The molecule has 2 aromatic carbocycles. The average Bonchev–Trinajstić information content (AvgIpc) is 2.97. The van der Waals surface area contributed by atoms with Crippen LogP contribution in [0.1, 0.15) is 36.8 Å². The summed E-state index contributed by atoms with van der Waals surface area (Å²) in [5.41, 5.74) is 2.74. The van der Waals surface area contributed by atoms with Crippen LogP contribution in [0.25, 0.3) is 0 Å². The Morgan fingerprint density at radius 3 is 2.72 bits per heavy atom. The number of ether oxygens (including phenoxy) is 1. The highest BCUT2D eigenvalue weighted by molar-refractivity contribution is 5.79. The van der Waals surface area contributed by atoms with Gasteiger partial charge in [0.25, 0.3) is 0 Å². The Bertz CT molecular complexity index is 1140. The number of carbonyl (C=O) groups is 2. The van der Waals surface area contributed by atoms with E-state index in [0.29, 0.717) is 38.2 Å². The van der Waals surface area contributed by atoms with Gasteiger partial charge >= 0.3 is 0 Å².